The second-order valence-corrected chi connectivity index (χ2v) is 6.38. The van der Waals surface area contributed by atoms with Gasteiger partial charge < -0.3 is 5.32 Å². The van der Waals surface area contributed by atoms with Crippen LogP contribution < -0.4 is 5.32 Å². The van der Waals surface area contributed by atoms with Crippen LogP contribution in [0.25, 0.3) is 0 Å². The molecule has 2 rings (SSSR count). The molecule has 0 unspecified atom stereocenters. The Morgan fingerprint density at radius 2 is 2.33 bits per heavy atom. The van der Waals surface area contributed by atoms with Crippen LogP contribution in [0.4, 0.5) is 0 Å². The summed E-state index contributed by atoms with van der Waals surface area (Å²) in [6.45, 7) is 2.17. The van der Waals surface area contributed by atoms with Gasteiger partial charge in [0.05, 0.1) is 11.3 Å². The first kappa shape index (κ1) is 11.2. The Morgan fingerprint density at radius 1 is 1.53 bits per heavy atom. The van der Waals surface area contributed by atoms with Crippen LogP contribution in [-0.4, -0.2) is 28.0 Å². The first-order valence-electron chi connectivity index (χ1n) is 5.27. The highest BCUT2D eigenvalue weighted by molar-refractivity contribution is 7.84. The summed E-state index contributed by atoms with van der Waals surface area (Å²) >= 11 is 1.60. The Labute approximate surface area is 96.8 Å². The van der Waals surface area contributed by atoms with Gasteiger partial charge >= 0.3 is 0 Å². The Bertz CT molecular complexity index is 307. The maximum Gasteiger partial charge on any atom is 0.0794 e. The number of hydrogen-bond donors (Lipinski definition) is 1. The smallest absolute Gasteiger partial charge is 0.0794 e. The number of thiazole rings is 1. The van der Waals surface area contributed by atoms with E-state index in [0.717, 1.165) is 23.7 Å². The molecule has 2 heterocycles. The van der Waals surface area contributed by atoms with Gasteiger partial charge in [0.15, 0.2) is 0 Å². The fourth-order valence-electron chi connectivity index (χ4n) is 1.84. The Balaban J connectivity index is 1.76. The molecule has 0 aliphatic carbocycles. The second-order valence-electron chi connectivity index (χ2n) is 3.91. The van der Waals surface area contributed by atoms with Crippen LogP contribution in [0.2, 0.25) is 0 Å². The van der Waals surface area contributed by atoms with Crippen LogP contribution in [0.5, 0.6) is 0 Å². The molecule has 0 bridgehead atoms. The Hall–Kier alpha value is -0.260. The third-order valence-corrected chi connectivity index (χ3v) is 5.11. The van der Waals surface area contributed by atoms with Crippen molar-refractivity contribution < 1.29 is 4.21 Å². The molecule has 1 aliphatic heterocycles. The normalized spacial score (nSPS) is 20.3. The largest absolute Gasteiger partial charge is 0.317 e. The summed E-state index contributed by atoms with van der Waals surface area (Å²) in [4.78, 5) is 5.14. The first-order chi connectivity index (χ1) is 7.34. The van der Waals surface area contributed by atoms with E-state index in [2.05, 4.69) is 10.3 Å². The van der Waals surface area contributed by atoms with Crippen molar-refractivity contribution in [3.63, 3.8) is 0 Å². The van der Waals surface area contributed by atoms with Crippen molar-refractivity contribution in [3.05, 3.63) is 16.6 Å². The van der Waals surface area contributed by atoms with Gasteiger partial charge in [-0.15, -0.1) is 11.3 Å². The lowest BCUT2D eigenvalue weighted by Crippen LogP contribution is -2.30. The zero-order chi connectivity index (χ0) is 10.5. The summed E-state index contributed by atoms with van der Waals surface area (Å²) in [6, 6.07) is 0. The Morgan fingerprint density at radius 3 is 3.00 bits per heavy atom. The van der Waals surface area contributed by atoms with E-state index in [1.54, 1.807) is 16.8 Å². The summed E-state index contributed by atoms with van der Waals surface area (Å²) in [7, 11) is -0.704. The molecule has 1 aromatic heterocycles. The molecule has 3 nitrogen and oxygen atoms in total. The molecular formula is C10H16N2OS2. The van der Waals surface area contributed by atoms with Crippen LogP contribution in [0, 0.1) is 5.92 Å². The van der Waals surface area contributed by atoms with Crippen molar-refractivity contribution in [1.82, 2.24) is 10.3 Å². The molecule has 1 aliphatic rings. The average Bonchev–Trinajstić information content (AvgIpc) is 2.71. The van der Waals surface area contributed by atoms with E-state index >= 15 is 0 Å². The molecular weight excluding hydrogens is 228 g/mol. The fraction of sp³-hybridized carbons (Fsp3) is 0.700. The van der Waals surface area contributed by atoms with E-state index in [4.69, 9.17) is 0 Å². The standard InChI is InChI=1S/C10H16N2OS2/c13-15(7-10-5-12-8-14-10)6-9-1-3-11-4-2-9/h5,8-9,11H,1-4,6-7H2/t15-/m1/s1. The molecule has 1 saturated heterocycles. The van der Waals surface area contributed by atoms with E-state index in [-0.39, 0.29) is 0 Å². The SMILES string of the molecule is O=[S@@](Cc1cncs1)CC1CCNCC1. The minimum absolute atomic E-state index is 0.653. The van der Waals surface area contributed by atoms with Gasteiger partial charge in [-0.1, -0.05) is 0 Å². The van der Waals surface area contributed by atoms with Crippen molar-refractivity contribution in [2.24, 2.45) is 5.92 Å². The number of hydrogen-bond acceptors (Lipinski definition) is 4. The number of aromatic nitrogens is 1. The summed E-state index contributed by atoms with van der Waals surface area (Å²) in [5.74, 6) is 2.20. The topological polar surface area (TPSA) is 42.0 Å². The van der Waals surface area contributed by atoms with Crippen LogP contribution in [0.1, 0.15) is 17.7 Å². The molecule has 0 spiro atoms. The van der Waals surface area contributed by atoms with Gasteiger partial charge in [-0.05, 0) is 31.8 Å². The molecule has 1 fully saturated rings. The highest BCUT2D eigenvalue weighted by Gasteiger charge is 2.16. The van der Waals surface area contributed by atoms with Crippen LogP contribution in [0.3, 0.4) is 0 Å². The predicted octanol–water partition coefficient (Wildman–Crippen LogP) is 1.39. The summed E-state index contributed by atoms with van der Waals surface area (Å²) in [6.07, 6.45) is 4.17. The zero-order valence-electron chi connectivity index (χ0n) is 8.65. The quantitative estimate of drug-likeness (QED) is 0.870. The summed E-state index contributed by atoms with van der Waals surface area (Å²) in [5.41, 5.74) is 1.80. The summed E-state index contributed by atoms with van der Waals surface area (Å²) < 4.78 is 11.8. The second kappa shape index (κ2) is 5.72. The molecule has 0 aromatic carbocycles. The molecule has 5 heteroatoms. The number of nitrogens with zero attached hydrogens (tertiary/aromatic N) is 1. The third-order valence-electron chi connectivity index (χ3n) is 2.67. The van der Waals surface area contributed by atoms with Crippen molar-refractivity contribution in [2.45, 2.75) is 18.6 Å². The lowest BCUT2D eigenvalue weighted by Gasteiger charge is -2.21. The molecule has 0 saturated carbocycles. The van der Waals surface area contributed by atoms with E-state index in [1.165, 1.54) is 12.8 Å². The number of rotatable bonds is 4. The van der Waals surface area contributed by atoms with Gasteiger partial charge in [-0.2, -0.15) is 0 Å². The zero-order valence-corrected chi connectivity index (χ0v) is 10.3. The molecule has 1 atom stereocenters. The predicted molar refractivity (Wildman–Crippen MR) is 64.4 cm³/mol. The summed E-state index contributed by atoms with van der Waals surface area (Å²) in [5, 5.41) is 3.33. The van der Waals surface area contributed by atoms with E-state index in [1.807, 2.05) is 6.20 Å². The van der Waals surface area contributed by atoms with Gasteiger partial charge in [0.2, 0.25) is 0 Å². The van der Waals surface area contributed by atoms with E-state index < -0.39 is 10.8 Å². The number of piperidine rings is 1. The minimum atomic E-state index is -0.704. The maximum absolute atomic E-state index is 11.8. The molecule has 15 heavy (non-hydrogen) atoms. The van der Waals surface area contributed by atoms with Crippen molar-refractivity contribution in [2.75, 3.05) is 18.8 Å². The molecule has 1 N–H and O–H groups in total. The monoisotopic (exact) mass is 244 g/mol. The van der Waals surface area contributed by atoms with Crippen molar-refractivity contribution >= 4 is 22.1 Å². The Kier molecular flexibility index (Phi) is 4.29. The molecule has 1 aromatic rings. The molecule has 84 valence electrons. The minimum Gasteiger partial charge on any atom is -0.317 e. The lowest BCUT2D eigenvalue weighted by molar-refractivity contribution is 0.405. The van der Waals surface area contributed by atoms with Gasteiger partial charge in [0.25, 0.3) is 0 Å². The highest BCUT2D eigenvalue weighted by atomic mass is 32.2. The fourth-order valence-corrected chi connectivity index (χ4v) is 4.26. The molecule has 0 radical (unpaired) electrons. The van der Waals surface area contributed by atoms with Gasteiger partial charge in [0, 0.05) is 27.6 Å². The van der Waals surface area contributed by atoms with Crippen molar-refractivity contribution in [3.8, 4) is 0 Å². The van der Waals surface area contributed by atoms with Gasteiger partial charge in [-0.25, -0.2) is 0 Å². The van der Waals surface area contributed by atoms with Gasteiger partial charge in [0.1, 0.15) is 0 Å². The first-order valence-corrected chi connectivity index (χ1v) is 7.64. The van der Waals surface area contributed by atoms with Crippen LogP contribution >= 0.6 is 11.3 Å². The average molecular weight is 244 g/mol. The molecule has 0 amide bonds. The van der Waals surface area contributed by atoms with Gasteiger partial charge in [-0.3, -0.25) is 9.19 Å². The van der Waals surface area contributed by atoms with Crippen molar-refractivity contribution in [1.29, 1.82) is 0 Å². The van der Waals surface area contributed by atoms with Crippen LogP contribution in [0.15, 0.2) is 11.7 Å². The van der Waals surface area contributed by atoms with E-state index in [0.29, 0.717) is 11.7 Å². The third kappa shape index (κ3) is 3.66. The lowest BCUT2D eigenvalue weighted by atomic mass is 10.0. The number of nitrogens with one attached hydrogen (secondary N) is 1. The maximum atomic E-state index is 11.8. The highest BCUT2D eigenvalue weighted by Crippen LogP contribution is 2.16. The van der Waals surface area contributed by atoms with E-state index in [9.17, 15) is 4.21 Å². The van der Waals surface area contributed by atoms with Crippen LogP contribution in [-0.2, 0) is 16.6 Å².